The molecule has 5 rings (SSSR count). The maximum Gasteiger partial charge on any atom is 0.240 e. The van der Waals surface area contributed by atoms with Gasteiger partial charge < -0.3 is 0 Å². The average Bonchev–Trinajstić information content (AvgIpc) is 3.24. The summed E-state index contributed by atoms with van der Waals surface area (Å²) in [7, 11) is 0. The van der Waals surface area contributed by atoms with Gasteiger partial charge in [-0.3, -0.25) is 9.67 Å². The summed E-state index contributed by atoms with van der Waals surface area (Å²) in [6, 6.07) is 9.58. The Bertz CT molecular complexity index is 1060. The summed E-state index contributed by atoms with van der Waals surface area (Å²) >= 11 is 0. The lowest BCUT2D eigenvalue weighted by atomic mass is 10.2. The third-order valence-electron chi connectivity index (χ3n) is 4.37. The lowest BCUT2D eigenvalue weighted by Gasteiger charge is -2.08. The van der Waals surface area contributed by atoms with Crippen LogP contribution >= 0.6 is 0 Å². The molecule has 5 nitrogen and oxygen atoms in total. The van der Waals surface area contributed by atoms with E-state index in [1.807, 2.05) is 37.3 Å². The highest BCUT2D eigenvalue weighted by molar-refractivity contribution is 5.82. The number of nitrogens with one attached hydrogen (secondary N) is 1. The molecule has 23 heavy (non-hydrogen) atoms. The Labute approximate surface area is 131 Å². The molecule has 0 aliphatic heterocycles. The van der Waals surface area contributed by atoms with Crippen molar-refractivity contribution < 1.29 is 4.39 Å². The van der Waals surface area contributed by atoms with Crippen LogP contribution < -0.4 is 0 Å². The highest BCUT2D eigenvalue weighted by Crippen LogP contribution is 2.41. The monoisotopic (exact) mass is 307 g/mol. The lowest BCUT2D eigenvalue weighted by molar-refractivity contribution is 0.588. The van der Waals surface area contributed by atoms with Crippen LogP contribution in [-0.4, -0.2) is 24.7 Å². The molecular formula is C17H14FN5. The molecule has 0 atom stereocenters. The van der Waals surface area contributed by atoms with Crippen LogP contribution in [0.1, 0.15) is 30.3 Å². The highest BCUT2D eigenvalue weighted by atomic mass is 19.1. The van der Waals surface area contributed by atoms with Crippen LogP contribution in [0, 0.1) is 12.9 Å². The van der Waals surface area contributed by atoms with Crippen molar-refractivity contribution in [1.82, 2.24) is 24.7 Å². The van der Waals surface area contributed by atoms with Crippen LogP contribution in [0.3, 0.4) is 0 Å². The number of pyridine rings is 1. The molecule has 0 saturated heterocycles. The number of rotatable bonds is 2. The van der Waals surface area contributed by atoms with E-state index < -0.39 is 5.95 Å². The predicted molar refractivity (Wildman–Crippen MR) is 85.2 cm³/mol. The minimum atomic E-state index is -0.483. The second-order valence-electron chi connectivity index (χ2n) is 6.12. The summed E-state index contributed by atoms with van der Waals surface area (Å²) < 4.78 is 15.9. The molecule has 1 saturated carbocycles. The van der Waals surface area contributed by atoms with Crippen LogP contribution in [0.4, 0.5) is 4.39 Å². The Morgan fingerprint density at radius 1 is 1.17 bits per heavy atom. The normalized spacial score (nSPS) is 14.9. The van der Waals surface area contributed by atoms with Gasteiger partial charge >= 0.3 is 0 Å². The predicted octanol–water partition coefficient (Wildman–Crippen LogP) is 3.62. The van der Waals surface area contributed by atoms with Crippen molar-refractivity contribution in [2.24, 2.45) is 0 Å². The number of hydrogen-bond donors (Lipinski definition) is 1. The van der Waals surface area contributed by atoms with E-state index in [0.29, 0.717) is 16.8 Å². The molecule has 4 aromatic rings. The molecule has 6 heteroatoms. The SMILES string of the molecule is Cc1ccc2nc(C3CC3)n(-c3ccc4[nH]nc(F)c4c3)c2n1. The Balaban J connectivity index is 1.84. The van der Waals surface area contributed by atoms with Gasteiger partial charge in [0.2, 0.25) is 5.95 Å². The van der Waals surface area contributed by atoms with Gasteiger partial charge in [0, 0.05) is 17.3 Å². The summed E-state index contributed by atoms with van der Waals surface area (Å²) in [5, 5.41) is 6.81. The Kier molecular flexibility index (Phi) is 2.43. The number of aromatic nitrogens is 5. The van der Waals surface area contributed by atoms with Crippen LogP contribution in [0.2, 0.25) is 0 Å². The van der Waals surface area contributed by atoms with Gasteiger partial charge in [-0.1, -0.05) is 0 Å². The smallest absolute Gasteiger partial charge is 0.240 e. The first-order chi connectivity index (χ1) is 11.2. The Morgan fingerprint density at radius 3 is 2.87 bits per heavy atom. The van der Waals surface area contributed by atoms with Gasteiger partial charge in [-0.2, -0.15) is 4.39 Å². The van der Waals surface area contributed by atoms with E-state index in [1.165, 1.54) is 0 Å². The standard InChI is InChI=1S/C17H14FN5/c1-9-2-6-14-17(19-9)23(16(20-14)10-3-4-10)11-5-7-13-12(8-11)15(18)22-21-13/h2,5-8,10H,3-4H2,1H3,(H,21,22). The minimum Gasteiger partial charge on any atom is -0.280 e. The number of halogens is 1. The van der Waals surface area contributed by atoms with Crippen molar-refractivity contribution >= 4 is 22.1 Å². The van der Waals surface area contributed by atoms with Crippen molar-refractivity contribution in [3.05, 3.63) is 47.8 Å². The molecule has 0 unspecified atom stereocenters. The van der Waals surface area contributed by atoms with Gasteiger partial charge in [0.15, 0.2) is 5.65 Å². The lowest BCUT2D eigenvalue weighted by Crippen LogP contribution is -2.01. The van der Waals surface area contributed by atoms with Crippen molar-refractivity contribution in [2.75, 3.05) is 0 Å². The number of aryl methyl sites for hydroxylation is 1. The number of H-pyrrole nitrogens is 1. The summed E-state index contributed by atoms with van der Waals surface area (Å²) in [6.07, 6.45) is 2.29. The van der Waals surface area contributed by atoms with Gasteiger partial charge in [0.25, 0.3) is 0 Å². The molecule has 0 bridgehead atoms. The molecule has 0 radical (unpaired) electrons. The molecule has 3 aromatic heterocycles. The average molecular weight is 307 g/mol. The van der Waals surface area contributed by atoms with E-state index in [1.54, 1.807) is 0 Å². The molecular weight excluding hydrogens is 293 g/mol. The molecule has 1 N–H and O–H groups in total. The maximum atomic E-state index is 13.8. The number of aromatic amines is 1. The quantitative estimate of drug-likeness (QED) is 0.615. The van der Waals surface area contributed by atoms with Gasteiger partial charge in [-0.05, 0) is 50.1 Å². The first-order valence-corrected chi connectivity index (χ1v) is 7.71. The largest absolute Gasteiger partial charge is 0.280 e. The Hall–Kier alpha value is -2.76. The van der Waals surface area contributed by atoms with E-state index in [-0.39, 0.29) is 0 Å². The minimum absolute atomic E-state index is 0.467. The first-order valence-electron chi connectivity index (χ1n) is 7.71. The summed E-state index contributed by atoms with van der Waals surface area (Å²) in [4.78, 5) is 9.42. The van der Waals surface area contributed by atoms with Gasteiger partial charge in [0.1, 0.15) is 11.3 Å². The molecule has 1 aliphatic rings. The maximum absolute atomic E-state index is 13.8. The van der Waals surface area contributed by atoms with Gasteiger partial charge in [-0.15, -0.1) is 5.10 Å². The summed E-state index contributed by atoms with van der Waals surface area (Å²) in [5.41, 5.74) is 4.21. The fourth-order valence-electron chi connectivity index (χ4n) is 3.05. The van der Waals surface area contributed by atoms with Crippen LogP contribution in [0.5, 0.6) is 0 Å². The molecule has 114 valence electrons. The third kappa shape index (κ3) is 1.87. The first kappa shape index (κ1) is 12.8. The number of benzene rings is 1. The second-order valence-corrected chi connectivity index (χ2v) is 6.12. The zero-order valence-corrected chi connectivity index (χ0v) is 12.5. The number of fused-ring (bicyclic) bond motifs is 2. The Morgan fingerprint density at radius 2 is 2.04 bits per heavy atom. The number of hydrogen-bond acceptors (Lipinski definition) is 3. The van der Waals surface area contributed by atoms with Crippen molar-refractivity contribution in [3.8, 4) is 5.69 Å². The summed E-state index contributed by atoms with van der Waals surface area (Å²) in [6.45, 7) is 1.96. The zero-order chi connectivity index (χ0) is 15.6. The van der Waals surface area contributed by atoms with Gasteiger partial charge in [-0.25, -0.2) is 9.97 Å². The second kappa shape index (κ2) is 4.38. The molecule has 1 aliphatic carbocycles. The molecule has 3 heterocycles. The van der Waals surface area contributed by atoms with Crippen LogP contribution in [-0.2, 0) is 0 Å². The van der Waals surface area contributed by atoms with E-state index in [9.17, 15) is 4.39 Å². The number of nitrogens with zero attached hydrogens (tertiary/aromatic N) is 4. The fraction of sp³-hybridized carbons (Fsp3) is 0.235. The third-order valence-corrected chi connectivity index (χ3v) is 4.37. The van der Waals surface area contributed by atoms with E-state index in [4.69, 9.17) is 4.98 Å². The van der Waals surface area contributed by atoms with Crippen LogP contribution in [0.15, 0.2) is 30.3 Å². The van der Waals surface area contributed by atoms with E-state index >= 15 is 0 Å². The molecule has 0 amide bonds. The molecule has 1 fully saturated rings. The van der Waals surface area contributed by atoms with Gasteiger partial charge in [0.05, 0.1) is 10.9 Å². The van der Waals surface area contributed by atoms with E-state index in [2.05, 4.69) is 19.7 Å². The van der Waals surface area contributed by atoms with Crippen molar-refractivity contribution in [2.45, 2.75) is 25.7 Å². The van der Waals surface area contributed by atoms with E-state index in [0.717, 1.165) is 41.2 Å². The van der Waals surface area contributed by atoms with Crippen LogP contribution in [0.25, 0.3) is 27.8 Å². The van der Waals surface area contributed by atoms with Crippen molar-refractivity contribution in [1.29, 1.82) is 0 Å². The molecule has 1 aromatic carbocycles. The summed E-state index contributed by atoms with van der Waals surface area (Å²) in [5.74, 6) is 0.999. The topological polar surface area (TPSA) is 59.4 Å². The highest BCUT2D eigenvalue weighted by Gasteiger charge is 2.30. The zero-order valence-electron chi connectivity index (χ0n) is 12.5. The molecule has 0 spiro atoms. The van der Waals surface area contributed by atoms with Crippen molar-refractivity contribution in [3.63, 3.8) is 0 Å². The number of imidazole rings is 1. The fourth-order valence-corrected chi connectivity index (χ4v) is 3.05.